The first-order valence-corrected chi connectivity index (χ1v) is 8.30. The molecule has 5 nitrogen and oxygen atoms in total. The summed E-state index contributed by atoms with van der Waals surface area (Å²) in [4.78, 5) is 12.1. The second kappa shape index (κ2) is 9.65. The van der Waals surface area contributed by atoms with Crippen molar-refractivity contribution in [3.63, 3.8) is 0 Å². The molecule has 0 aliphatic carbocycles. The molecule has 0 amide bonds. The lowest BCUT2D eigenvalue weighted by Crippen LogP contribution is -2.40. The summed E-state index contributed by atoms with van der Waals surface area (Å²) < 4.78 is 16.4. The Labute approximate surface area is 138 Å². The number of hydrogen-bond donors (Lipinski definition) is 1. The fourth-order valence-corrected chi connectivity index (χ4v) is 2.71. The fourth-order valence-electron chi connectivity index (χ4n) is 2.71. The molecule has 1 aromatic carbocycles. The molecule has 1 aliphatic heterocycles. The van der Waals surface area contributed by atoms with E-state index in [1.807, 2.05) is 25.1 Å². The van der Waals surface area contributed by atoms with Gasteiger partial charge < -0.3 is 19.5 Å². The molecule has 128 valence electrons. The van der Waals surface area contributed by atoms with Crippen molar-refractivity contribution in [1.82, 2.24) is 5.32 Å². The van der Waals surface area contributed by atoms with Crippen LogP contribution in [0, 0.1) is 5.92 Å². The normalized spacial score (nSPS) is 20.7. The Morgan fingerprint density at radius 1 is 1.35 bits per heavy atom. The fraction of sp³-hybridized carbons (Fsp3) is 0.611. The molecule has 5 heteroatoms. The van der Waals surface area contributed by atoms with E-state index in [1.165, 1.54) is 12.7 Å². The van der Waals surface area contributed by atoms with Crippen molar-refractivity contribution in [2.75, 3.05) is 20.3 Å². The molecule has 3 unspecified atom stereocenters. The number of nitrogens with one attached hydrogen (secondary N) is 1. The molecule has 1 fully saturated rings. The van der Waals surface area contributed by atoms with E-state index in [1.54, 1.807) is 0 Å². The van der Waals surface area contributed by atoms with Crippen molar-refractivity contribution >= 4 is 5.97 Å². The molecule has 0 bridgehead atoms. The molecule has 0 spiro atoms. The summed E-state index contributed by atoms with van der Waals surface area (Å²) in [6.45, 7) is 3.85. The van der Waals surface area contributed by atoms with Gasteiger partial charge in [-0.1, -0.05) is 30.3 Å². The molecule has 1 aromatic rings. The highest BCUT2D eigenvalue weighted by Gasteiger charge is 2.29. The van der Waals surface area contributed by atoms with Gasteiger partial charge in [-0.25, -0.2) is 0 Å². The van der Waals surface area contributed by atoms with Crippen LogP contribution in [-0.4, -0.2) is 38.6 Å². The molecule has 0 aromatic heterocycles. The molecule has 3 atom stereocenters. The second-order valence-corrected chi connectivity index (χ2v) is 5.88. The zero-order valence-electron chi connectivity index (χ0n) is 14.0. The van der Waals surface area contributed by atoms with Gasteiger partial charge in [0.1, 0.15) is 0 Å². The lowest BCUT2D eigenvalue weighted by Gasteiger charge is -2.29. The monoisotopic (exact) mass is 321 g/mol. The van der Waals surface area contributed by atoms with E-state index in [0.717, 1.165) is 25.9 Å². The van der Waals surface area contributed by atoms with Gasteiger partial charge in [-0.15, -0.1) is 0 Å². The summed E-state index contributed by atoms with van der Waals surface area (Å²) in [5, 5.41) is 3.31. The standard InChI is InChI=1S/C18H27NO4/c1-14(23-17-10-6-7-11-22-17)16(18(20)21-2)13-19-12-15-8-4-3-5-9-15/h3-5,8-9,14,16-17,19H,6-7,10-13H2,1-2H3. The van der Waals surface area contributed by atoms with Gasteiger partial charge in [0.05, 0.1) is 19.1 Å². The molecular formula is C18H27NO4. The topological polar surface area (TPSA) is 56.8 Å². The molecule has 1 heterocycles. The number of methoxy groups -OCH3 is 1. The van der Waals surface area contributed by atoms with Crippen LogP contribution >= 0.6 is 0 Å². The van der Waals surface area contributed by atoms with E-state index >= 15 is 0 Å². The summed E-state index contributed by atoms with van der Waals surface area (Å²) in [5.74, 6) is -0.608. The number of carbonyl (C=O) groups is 1. The van der Waals surface area contributed by atoms with Crippen LogP contribution in [0.5, 0.6) is 0 Å². The second-order valence-electron chi connectivity index (χ2n) is 5.88. The number of benzene rings is 1. The highest BCUT2D eigenvalue weighted by Crippen LogP contribution is 2.19. The van der Waals surface area contributed by atoms with Gasteiger partial charge in [-0.2, -0.15) is 0 Å². The Morgan fingerprint density at radius 3 is 2.78 bits per heavy atom. The van der Waals surface area contributed by atoms with Crippen LogP contribution in [-0.2, 0) is 25.5 Å². The predicted molar refractivity (Wildman–Crippen MR) is 87.8 cm³/mol. The van der Waals surface area contributed by atoms with E-state index in [-0.39, 0.29) is 24.3 Å². The third-order valence-corrected chi connectivity index (χ3v) is 4.11. The van der Waals surface area contributed by atoms with Crippen molar-refractivity contribution in [3.8, 4) is 0 Å². The molecule has 0 saturated carbocycles. The van der Waals surface area contributed by atoms with Crippen molar-refractivity contribution in [2.45, 2.75) is 45.1 Å². The minimum atomic E-state index is -0.353. The molecule has 1 aliphatic rings. The highest BCUT2D eigenvalue weighted by molar-refractivity contribution is 5.73. The van der Waals surface area contributed by atoms with E-state index in [9.17, 15) is 4.79 Å². The maximum absolute atomic E-state index is 12.1. The zero-order chi connectivity index (χ0) is 16.5. The lowest BCUT2D eigenvalue weighted by molar-refractivity contribution is -0.198. The molecule has 2 rings (SSSR count). The zero-order valence-corrected chi connectivity index (χ0v) is 14.0. The Morgan fingerprint density at radius 2 is 2.13 bits per heavy atom. The van der Waals surface area contributed by atoms with Gasteiger partial charge in [0.25, 0.3) is 0 Å². The van der Waals surface area contributed by atoms with Gasteiger partial charge in [0.2, 0.25) is 0 Å². The summed E-state index contributed by atoms with van der Waals surface area (Å²) >= 11 is 0. The van der Waals surface area contributed by atoms with Crippen LogP contribution in [0.4, 0.5) is 0 Å². The predicted octanol–water partition coefficient (Wildman–Crippen LogP) is 2.50. The minimum absolute atomic E-state index is 0.208. The smallest absolute Gasteiger partial charge is 0.312 e. The molecule has 1 saturated heterocycles. The minimum Gasteiger partial charge on any atom is -0.469 e. The van der Waals surface area contributed by atoms with Crippen LogP contribution in [0.3, 0.4) is 0 Å². The number of carbonyl (C=O) groups excluding carboxylic acids is 1. The van der Waals surface area contributed by atoms with E-state index in [2.05, 4.69) is 17.4 Å². The summed E-state index contributed by atoms with van der Waals surface area (Å²) in [5.41, 5.74) is 1.18. The summed E-state index contributed by atoms with van der Waals surface area (Å²) in [7, 11) is 1.41. The summed E-state index contributed by atoms with van der Waals surface area (Å²) in [6.07, 6.45) is 2.60. The lowest BCUT2D eigenvalue weighted by atomic mass is 10.0. The number of esters is 1. The SMILES string of the molecule is COC(=O)C(CNCc1ccccc1)C(C)OC1CCCCO1. The third kappa shape index (κ3) is 5.94. The maximum atomic E-state index is 12.1. The van der Waals surface area contributed by atoms with Crippen LogP contribution < -0.4 is 5.32 Å². The summed E-state index contributed by atoms with van der Waals surface area (Å²) in [6, 6.07) is 10.1. The van der Waals surface area contributed by atoms with Gasteiger partial charge >= 0.3 is 5.97 Å². The highest BCUT2D eigenvalue weighted by atomic mass is 16.7. The van der Waals surface area contributed by atoms with Gasteiger partial charge in [-0.05, 0) is 31.7 Å². The quantitative estimate of drug-likeness (QED) is 0.746. The number of hydrogen-bond acceptors (Lipinski definition) is 5. The Bertz CT molecular complexity index is 459. The van der Waals surface area contributed by atoms with Crippen molar-refractivity contribution in [3.05, 3.63) is 35.9 Å². The Hall–Kier alpha value is -1.43. The molecule has 0 radical (unpaired) electrons. The number of rotatable bonds is 8. The molecular weight excluding hydrogens is 294 g/mol. The van der Waals surface area contributed by atoms with Crippen LogP contribution in [0.1, 0.15) is 31.7 Å². The Balaban J connectivity index is 1.84. The maximum Gasteiger partial charge on any atom is 0.312 e. The van der Waals surface area contributed by atoms with Crippen molar-refractivity contribution < 1.29 is 19.0 Å². The third-order valence-electron chi connectivity index (χ3n) is 4.11. The molecule has 23 heavy (non-hydrogen) atoms. The van der Waals surface area contributed by atoms with E-state index in [0.29, 0.717) is 13.1 Å². The Kier molecular flexibility index (Phi) is 7.52. The average molecular weight is 321 g/mol. The van der Waals surface area contributed by atoms with Gasteiger partial charge in [0.15, 0.2) is 6.29 Å². The largest absolute Gasteiger partial charge is 0.469 e. The van der Waals surface area contributed by atoms with Crippen molar-refractivity contribution in [1.29, 1.82) is 0 Å². The van der Waals surface area contributed by atoms with Crippen molar-refractivity contribution in [2.24, 2.45) is 5.92 Å². The first kappa shape index (κ1) is 17.9. The van der Waals surface area contributed by atoms with Gasteiger partial charge in [0, 0.05) is 19.7 Å². The first-order valence-electron chi connectivity index (χ1n) is 8.30. The van der Waals surface area contributed by atoms with Crippen LogP contribution in [0.15, 0.2) is 30.3 Å². The van der Waals surface area contributed by atoms with E-state index in [4.69, 9.17) is 14.2 Å². The van der Waals surface area contributed by atoms with Gasteiger partial charge in [-0.3, -0.25) is 4.79 Å². The van der Waals surface area contributed by atoms with Crippen LogP contribution in [0.25, 0.3) is 0 Å². The average Bonchev–Trinajstić information content (AvgIpc) is 2.60. The van der Waals surface area contributed by atoms with E-state index < -0.39 is 0 Å². The first-order chi connectivity index (χ1) is 11.2. The van der Waals surface area contributed by atoms with Crippen LogP contribution in [0.2, 0.25) is 0 Å². The number of ether oxygens (including phenoxy) is 3. The molecule has 1 N–H and O–H groups in total.